The molecule has 0 aromatic heterocycles. The zero-order valence-electron chi connectivity index (χ0n) is 14.3. The highest BCUT2D eigenvalue weighted by atomic mass is 16.6. The summed E-state index contributed by atoms with van der Waals surface area (Å²) in [6.07, 6.45) is 4.44. The number of aliphatic hydroxyl groups is 1. The summed E-state index contributed by atoms with van der Waals surface area (Å²) in [5.41, 5.74) is 0. The fourth-order valence-electron chi connectivity index (χ4n) is 1.85. The average Bonchev–Trinajstić information content (AvgIpc) is 2.49. The van der Waals surface area contributed by atoms with Crippen molar-refractivity contribution in [2.24, 2.45) is 0 Å². The number of ether oxygens (including phenoxy) is 2. The predicted molar refractivity (Wildman–Crippen MR) is 84.6 cm³/mol. The first-order valence-electron chi connectivity index (χ1n) is 8.14. The number of amides is 1. The van der Waals surface area contributed by atoms with E-state index >= 15 is 0 Å². The molecule has 0 bridgehead atoms. The third-order valence-electron chi connectivity index (χ3n) is 3.11. The standard InChI is InChI=1S/C16H29NO6/c1-4-5-6-7-8-9-15(20)22-10-14(19)11-23-16(21)12(2)17-13(3)18/h12,14,19H,4-11H2,1-3H3,(H,17,18)/t12-,14?/m1/s1. The monoisotopic (exact) mass is 331 g/mol. The Kier molecular flexibility index (Phi) is 12.0. The number of rotatable bonds is 12. The smallest absolute Gasteiger partial charge is 0.328 e. The van der Waals surface area contributed by atoms with Crippen LogP contribution in [0.15, 0.2) is 0 Å². The molecule has 0 aromatic carbocycles. The Balaban J connectivity index is 3.73. The lowest BCUT2D eigenvalue weighted by Crippen LogP contribution is -2.39. The zero-order chi connectivity index (χ0) is 17.7. The number of nitrogens with one attached hydrogen (secondary N) is 1. The molecular formula is C16H29NO6. The number of carbonyl (C=O) groups is 3. The number of esters is 2. The van der Waals surface area contributed by atoms with Crippen LogP contribution in [-0.4, -0.2) is 48.3 Å². The minimum absolute atomic E-state index is 0.213. The normalized spacial score (nSPS) is 13.0. The Labute approximate surface area is 137 Å². The molecule has 0 spiro atoms. The summed E-state index contributed by atoms with van der Waals surface area (Å²) in [4.78, 5) is 33.7. The number of hydrogen-bond donors (Lipinski definition) is 2. The van der Waals surface area contributed by atoms with Gasteiger partial charge in [0.05, 0.1) is 0 Å². The quantitative estimate of drug-likeness (QED) is 0.413. The van der Waals surface area contributed by atoms with Gasteiger partial charge in [0.25, 0.3) is 0 Å². The van der Waals surface area contributed by atoms with Crippen molar-refractivity contribution >= 4 is 17.8 Å². The second kappa shape index (κ2) is 12.9. The van der Waals surface area contributed by atoms with E-state index in [4.69, 9.17) is 9.47 Å². The fourth-order valence-corrected chi connectivity index (χ4v) is 1.85. The maximum absolute atomic E-state index is 11.5. The molecule has 0 aliphatic rings. The van der Waals surface area contributed by atoms with Crippen molar-refractivity contribution in [3.63, 3.8) is 0 Å². The third-order valence-corrected chi connectivity index (χ3v) is 3.11. The number of carbonyl (C=O) groups excluding carboxylic acids is 3. The second-order valence-electron chi connectivity index (χ2n) is 5.55. The van der Waals surface area contributed by atoms with E-state index in [1.54, 1.807) is 0 Å². The molecule has 0 saturated carbocycles. The van der Waals surface area contributed by atoms with Gasteiger partial charge < -0.3 is 19.9 Å². The predicted octanol–water partition coefficient (Wildman–Crippen LogP) is 1.32. The molecule has 0 saturated heterocycles. The van der Waals surface area contributed by atoms with Crippen LogP contribution >= 0.6 is 0 Å². The largest absolute Gasteiger partial charge is 0.463 e. The highest BCUT2D eigenvalue weighted by Gasteiger charge is 2.17. The molecule has 1 unspecified atom stereocenters. The lowest BCUT2D eigenvalue weighted by Gasteiger charge is -2.15. The van der Waals surface area contributed by atoms with Crippen molar-refractivity contribution in [3.05, 3.63) is 0 Å². The molecule has 23 heavy (non-hydrogen) atoms. The van der Waals surface area contributed by atoms with E-state index in [9.17, 15) is 19.5 Å². The average molecular weight is 331 g/mol. The summed E-state index contributed by atoms with van der Waals surface area (Å²) in [5.74, 6) is -1.36. The van der Waals surface area contributed by atoms with E-state index in [0.717, 1.165) is 32.1 Å². The summed E-state index contributed by atoms with van der Waals surface area (Å²) in [6.45, 7) is 4.40. The Hall–Kier alpha value is -1.63. The van der Waals surface area contributed by atoms with Gasteiger partial charge >= 0.3 is 11.9 Å². The van der Waals surface area contributed by atoms with Crippen LogP contribution in [0.1, 0.15) is 59.3 Å². The Morgan fingerprint density at radius 3 is 2.26 bits per heavy atom. The van der Waals surface area contributed by atoms with Crippen LogP contribution in [-0.2, 0) is 23.9 Å². The molecule has 0 rings (SSSR count). The lowest BCUT2D eigenvalue weighted by molar-refractivity contribution is -0.154. The Bertz CT molecular complexity index is 372. The fraction of sp³-hybridized carbons (Fsp3) is 0.812. The first kappa shape index (κ1) is 21.4. The van der Waals surface area contributed by atoms with Gasteiger partial charge in [-0.3, -0.25) is 9.59 Å². The third kappa shape index (κ3) is 12.6. The van der Waals surface area contributed by atoms with Crippen molar-refractivity contribution in [2.75, 3.05) is 13.2 Å². The minimum atomic E-state index is -1.08. The molecule has 2 atom stereocenters. The van der Waals surface area contributed by atoms with Crippen LogP contribution in [0.25, 0.3) is 0 Å². The van der Waals surface area contributed by atoms with Gasteiger partial charge in [0, 0.05) is 13.3 Å². The van der Waals surface area contributed by atoms with Crippen LogP contribution in [0.5, 0.6) is 0 Å². The maximum atomic E-state index is 11.5. The lowest BCUT2D eigenvalue weighted by atomic mass is 10.1. The van der Waals surface area contributed by atoms with E-state index in [2.05, 4.69) is 12.2 Å². The van der Waals surface area contributed by atoms with Gasteiger partial charge in [0.1, 0.15) is 25.4 Å². The van der Waals surface area contributed by atoms with E-state index < -0.39 is 18.1 Å². The van der Waals surface area contributed by atoms with Crippen LogP contribution in [0.4, 0.5) is 0 Å². The van der Waals surface area contributed by atoms with Gasteiger partial charge in [-0.25, -0.2) is 4.79 Å². The van der Waals surface area contributed by atoms with Gasteiger partial charge in [-0.2, -0.15) is 0 Å². The maximum Gasteiger partial charge on any atom is 0.328 e. The molecule has 134 valence electrons. The van der Waals surface area contributed by atoms with Crippen molar-refractivity contribution in [2.45, 2.75) is 71.4 Å². The van der Waals surface area contributed by atoms with Crippen LogP contribution in [0.3, 0.4) is 0 Å². The van der Waals surface area contributed by atoms with Gasteiger partial charge in [-0.05, 0) is 13.3 Å². The molecule has 0 fully saturated rings. The first-order valence-corrected chi connectivity index (χ1v) is 8.14. The summed E-state index contributed by atoms with van der Waals surface area (Å²) in [7, 11) is 0. The highest BCUT2D eigenvalue weighted by Crippen LogP contribution is 2.06. The van der Waals surface area contributed by atoms with Gasteiger partial charge in [-0.1, -0.05) is 32.6 Å². The summed E-state index contributed by atoms with van der Waals surface area (Å²) in [6, 6.07) is -0.787. The van der Waals surface area contributed by atoms with Crippen LogP contribution in [0, 0.1) is 0 Å². The SMILES string of the molecule is CCCCCCCC(=O)OCC(O)COC(=O)[C@@H](C)NC(C)=O. The number of hydrogen-bond acceptors (Lipinski definition) is 6. The highest BCUT2D eigenvalue weighted by molar-refractivity contribution is 5.82. The van der Waals surface area contributed by atoms with Gasteiger partial charge in [0.15, 0.2) is 0 Å². The van der Waals surface area contributed by atoms with E-state index in [1.165, 1.54) is 13.8 Å². The molecule has 7 nitrogen and oxygen atoms in total. The zero-order valence-corrected chi connectivity index (χ0v) is 14.3. The molecule has 0 aromatic rings. The van der Waals surface area contributed by atoms with E-state index in [-0.39, 0.29) is 25.1 Å². The van der Waals surface area contributed by atoms with Crippen molar-refractivity contribution < 1.29 is 29.0 Å². The van der Waals surface area contributed by atoms with Crippen molar-refractivity contribution in [3.8, 4) is 0 Å². The Morgan fingerprint density at radius 1 is 1.04 bits per heavy atom. The first-order chi connectivity index (χ1) is 10.9. The molecule has 2 N–H and O–H groups in total. The van der Waals surface area contributed by atoms with Gasteiger partial charge in [0.2, 0.25) is 5.91 Å². The molecule has 0 aliphatic heterocycles. The number of aliphatic hydroxyl groups excluding tert-OH is 1. The molecular weight excluding hydrogens is 302 g/mol. The molecule has 1 amide bonds. The topological polar surface area (TPSA) is 102 Å². The number of unbranched alkanes of at least 4 members (excludes halogenated alkanes) is 4. The Morgan fingerprint density at radius 2 is 1.65 bits per heavy atom. The summed E-state index contributed by atoms with van der Waals surface area (Å²) >= 11 is 0. The molecule has 7 heteroatoms. The molecule has 0 radical (unpaired) electrons. The van der Waals surface area contributed by atoms with Crippen LogP contribution < -0.4 is 5.32 Å². The van der Waals surface area contributed by atoms with Crippen LogP contribution in [0.2, 0.25) is 0 Å². The van der Waals surface area contributed by atoms with E-state index in [1.807, 2.05) is 0 Å². The minimum Gasteiger partial charge on any atom is -0.463 e. The van der Waals surface area contributed by atoms with Gasteiger partial charge in [-0.15, -0.1) is 0 Å². The van der Waals surface area contributed by atoms with Crippen molar-refractivity contribution in [1.29, 1.82) is 0 Å². The van der Waals surface area contributed by atoms with Crippen molar-refractivity contribution in [1.82, 2.24) is 5.32 Å². The summed E-state index contributed by atoms with van der Waals surface area (Å²) in [5, 5.41) is 12.0. The molecule has 0 aliphatic carbocycles. The summed E-state index contributed by atoms with van der Waals surface area (Å²) < 4.78 is 9.75. The second-order valence-corrected chi connectivity index (χ2v) is 5.55. The molecule has 0 heterocycles. The van der Waals surface area contributed by atoms with E-state index in [0.29, 0.717) is 6.42 Å².